The molecule has 1 unspecified atom stereocenters. The van der Waals surface area contributed by atoms with Gasteiger partial charge in [-0.15, -0.1) is 0 Å². The first-order chi connectivity index (χ1) is 17.7. The van der Waals surface area contributed by atoms with Crippen molar-refractivity contribution in [1.82, 2.24) is 24.3 Å². The maximum absolute atomic E-state index is 13.2. The number of nitrogens with two attached hydrogens (primary N) is 1. The van der Waals surface area contributed by atoms with Gasteiger partial charge in [-0.05, 0) is 42.3 Å². The summed E-state index contributed by atoms with van der Waals surface area (Å²) in [6, 6.07) is 12.2. The molecule has 4 N–H and O–H groups in total. The average Bonchev–Trinajstić information content (AvgIpc) is 3.45. The minimum atomic E-state index is -1.22. The number of amides is 1. The maximum atomic E-state index is 13.2. The first kappa shape index (κ1) is 23.2. The molecule has 3 aromatic heterocycles. The Bertz CT molecular complexity index is 1720. The van der Waals surface area contributed by atoms with Crippen molar-refractivity contribution in [2.45, 2.75) is 18.8 Å². The van der Waals surface area contributed by atoms with Crippen LogP contribution in [-0.4, -0.2) is 35.4 Å². The van der Waals surface area contributed by atoms with E-state index >= 15 is 0 Å². The van der Waals surface area contributed by atoms with E-state index in [9.17, 15) is 9.90 Å². The molecule has 0 saturated carbocycles. The third kappa shape index (κ3) is 3.75. The van der Waals surface area contributed by atoms with Crippen molar-refractivity contribution in [3.63, 3.8) is 0 Å². The number of phenolic OH excluding ortho intramolecular Hbond substituents is 1. The van der Waals surface area contributed by atoms with Crippen molar-refractivity contribution in [3.05, 3.63) is 93.5 Å². The molecule has 11 heteroatoms. The van der Waals surface area contributed by atoms with Crippen molar-refractivity contribution in [3.8, 4) is 17.3 Å². The van der Waals surface area contributed by atoms with Crippen LogP contribution in [0.2, 0.25) is 10.0 Å². The molecule has 5 aromatic rings. The first-order valence-electron chi connectivity index (χ1n) is 11.3. The summed E-state index contributed by atoms with van der Waals surface area (Å²) >= 11 is 12.0. The highest BCUT2D eigenvalue weighted by Crippen LogP contribution is 2.46. The number of rotatable bonds is 4. The van der Waals surface area contributed by atoms with Crippen molar-refractivity contribution < 1.29 is 9.90 Å². The third-order valence-corrected chi connectivity index (χ3v) is 7.18. The van der Waals surface area contributed by atoms with E-state index in [1.165, 1.54) is 12.1 Å². The Balaban J connectivity index is 1.45. The van der Waals surface area contributed by atoms with E-state index in [1.807, 2.05) is 34.9 Å². The number of carbonyl (C=O) groups excluding carboxylic acids is 1. The van der Waals surface area contributed by atoms with Gasteiger partial charge in [-0.25, -0.2) is 19.9 Å². The van der Waals surface area contributed by atoms with E-state index in [4.69, 9.17) is 33.9 Å². The number of nitrogen functional groups attached to an aromatic ring is 1. The largest absolute Gasteiger partial charge is 0.506 e. The summed E-state index contributed by atoms with van der Waals surface area (Å²) in [7, 11) is 0. The van der Waals surface area contributed by atoms with Crippen molar-refractivity contribution in [1.29, 1.82) is 0 Å². The first-order valence-corrected chi connectivity index (χ1v) is 12.1. The molecule has 1 aliphatic rings. The van der Waals surface area contributed by atoms with Gasteiger partial charge in [-0.1, -0.05) is 41.4 Å². The van der Waals surface area contributed by atoms with Gasteiger partial charge in [0.2, 0.25) is 5.91 Å². The summed E-state index contributed by atoms with van der Waals surface area (Å²) in [6.07, 6.45) is 5.79. The number of imidazole rings is 1. The molecule has 9 nitrogen and oxygen atoms in total. The molecule has 1 aliphatic heterocycles. The molecule has 184 valence electrons. The number of nitrogens with one attached hydrogen (secondary N) is 1. The molecule has 6 rings (SSSR count). The van der Waals surface area contributed by atoms with Crippen LogP contribution in [-0.2, 0) is 16.6 Å². The Morgan fingerprint density at radius 3 is 2.65 bits per heavy atom. The second-order valence-electron chi connectivity index (χ2n) is 8.94. The number of carbonyl (C=O) groups is 1. The van der Waals surface area contributed by atoms with Crippen LogP contribution < -0.4 is 11.1 Å². The zero-order valence-corrected chi connectivity index (χ0v) is 20.9. The number of halogens is 2. The number of anilines is 2. The topological polar surface area (TPSA) is 131 Å². The fourth-order valence-electron chi connectivity index (χ4n) is 4.64. The Kier molecular flexibility index (Phi) is 5.29. The molecule has 4 heterocycles. The number of fused-ring (bicyclic) bond motifs is 2. The van der Waals surface area contributed by atoms with Gasteiger partial charge in [-0.2, -0.15) is 0 Å². The minimum absolute atomic E-state index is 0.127. The molecule has 0 bridgehead atoms. The SMILES string of the molecule is CC1(c2ccc(Cl)c(O)c2)C(=O)Nc2nc(-c3cn4ccnc4c(Cc4ccc(Cl)cc4)n3)nc(N)c21. The molecule has 1 amide bonds. The van der Waals surface area contributed by atoms with E-state index in [0.717, 1.165) is 11.3 Å². The van der Waals surface area contributed by atoms with Crippen LogP contribution in [0.1, 0.15) is 29.3 Å². The fraction of sp³-hybridized carbons (Fsp3) is 0.115. The highest BCUT2D eigenvalue weighted by atomic mass is 35.5. The quantitative estimate of drug-likeness (QED) is 0.308. The van der Waals surface area contributed by atoms with Crippen molar-refractivity contribution in [2.75, 3.05) is 11.1 Å². The van der Waals surface area contributed by atoms with Crippen LogP contribution in [0.15, 0.2) is 61.1 Å². The van der Waals surface area contributed by atoms with Crippen LogP contribution in [0.25, 0.3) is 17.2 Å². The maximum Gasteiger partial charge on any atom is 0.240 e. The summed E-state index contributed by atoms with van der Waals surface area (Å²) < 4.78 is 1.85. The Morgan fingerprint density at radius 2 is 1.89 bits per heavy atom. The number of aromatic hydroxyl groups is 1. The number of hydrogen-bond acceptors (Lipinski definition) is 7. The van der Waals surface area contributed by atoms with Crippen LogP contribution in [0.3, 0.4) is 0 Å². The molecule has 37 heavy (non-hydrogen) atoms. The van der Waals surface area contributed by atoms with Gasteiger partial charge >= 0.3 is 0 Å². The lowest BCUT2D eigenvalue weighted by Crippen LogP contribution is -2.32. The molecule has 0 radical (unpaired) electrons. The molecule has 0 fully saturated rings. The lowest BCUT2D eigenvalue weighted by Gasteiger charge is -2.23. The lowest BCUT2D eigenvalue weighted by molar-refractivity contribution is -0.119. The van der Waals surface area contributed by atoms with Gasteiger partial charge in [0.05, 0.1) is 16.3 Å². The molecule has 0 saturated heterocycles. The van der Waals surface area contributed by atoms with E-state index in [0.29, 0.717) is 33.9 Å². The van der Waals surface area contributed by atoms with Crippen LogP contribution in [0, 0.1) is 0 Å². The fourth-order valence-corrected chi connectivity index (χ4v) is 4.88. The predicted octanol–water partition coefficient (Wildman–Crippen LogP) is 4.63. The van der Waals surface area contributed by atoms with E-state index in [-0.39, 0.29) is 34.1 Å². The third-order valence-electron chi connectivity index (χ3n) is 6.60. The van der Waals surface area contributed by atoms with Gasteiger partial charge in [0.1, 0.15) is 28.5 Å². The molecule has 0 spiro atoms. The van der Waals surface area contributed by atoms with E-state index in [2.05, 4.69) is 20.3 Å². The van der Waals surface area contributed by atoms with Gasteiger partial charge in [0, 0.05) is 30.0 Å². The number of hydrogen-bond donors (Lipinski definition) is 3. The highest BCUT2D eigenvalue weighted by molar-refractivity contribution is 6.32. The summed E-state index contributed by atoms with van der Waals surface area (Å²) in [5.74, 6) is 0.193. The zero-order valence-electron chi connectivity index (χ0n) is 19.4. The molecule has 0 aliphatic carbocycles. The summed E-state index contributed by atoms with van der Waals surface area (Å²) in [6.45, 7) is 1.70. The van der Waals surface area contributed by atoms with Gasteiger partial charge < -0.3 is 20.6 Å². The van der Waals surface area contributed by atoms with E-state index < -0.39 is 5.41 Å². The van der Waals surface area contributed by atoms with E-state index in [1.54, 1.807) is 25.4 Å². The van der Waals surface area contributed by atoms with Crippen LogP contribution in [0.5, 0.6) is 5.75 Å². The Labute approximate surface area is 221 Å². The van der Waals surface area contributed by atoms with Crippen LogP contribution in [0.4, 0.5) is 11.6 Å². The standard InChI is InChI=1S/C26H19Cl2N7O2/c1-26(14-4-7-16(28)19(36)11-14)20-21(29)32-22(33-23(20)34-25(26)37)18-12-35-9-8-30-24(35)17(31-18)10-13-2-5-15(27)6-3-13/h2-9,11-12,36H,10H2,1H3,(H3,29,32,33,34,37). The summed E-state index contributed by atoms with van der Waals surface area (Å²) in [5, 5.41) is 13.8. The molecular formula is C26H19Cl2N7O2. The average molecular weight is 532 g/mol. The molecular weight excluding hydrogens is 513 g/mol. The number of phenols is 1. The Morgan fingerprint density at radius 1 is 1.11 bits per heavy atom. The smallest absolute Gasteiger partial charge is 0.240 e. The normalized spacial score (nSPS) is 16.7. The highest BCUT2D eigenvalue weighted by Gasteiger charge is 2.47. The van der Waals surface area contributed by atoms with Crippen LogP contribution >= 0.6 is 23.2 Å². The minimum Gasteiger partial charge on any atom is -0.506 e. The summed E-state index contributed by atoms with van der Waals surface area (Å²) in [5.41, 5.74) is 9.05. The zero-order chi connectivity index (χ0) is 25.9. The second-order valence-corrected chi connectivity index (χ2v) is 9.78. The second kappa shape index (κ2) is 8.43. The number of aromatic nitrogens is 5. The number of benzene rings is 2. The van der Waals surface area contributed by atoms with Crippen molar-refractivity contribution in [2.24, 2.45) is 0 Å². The lowest BCUT2D eigenvalue weighted by atomic mass is 9.77. The molecule has 1 atom stereocenters. The summed E-state index contributed by atoms with van der Waals surface area (Å²) in [4.78, 5) is 31.6. The number of nitrogens with zero attached hydrogens (tertiary/aromatic N) is 5. The van der Waals surface area contributed by atoms with Crippen molar-refractivity contribution >= 4 is 46.4 Å². The monoisotopic (exact) mass is 531 g/mol. The Hall–Kier alpha value is -4.21. The van der Waals surface area contributed by atoms with Gasteiger partial charge in [0.25, 0.3) is 0 Å². The molecule has 2 aromatic carbocycles. The van der Waals surface area contributed by atoms with Gasteiger partial charge in [0.15, 0.2) is 11.5 Å². The van der Waals surface area contributed by atoms with Gasteiger partial charge in [-0.3, -0.25) is 4.79 Å². The predicted molar refractivity (Wildman–Crippen MR) is 141 cm³/mol.